The van der Waals surface area contributed by atoms with Gasteiger partial charge >= 0.3 is 0 Å². The first kappa shape index (κ1) is 14.3. The van der Waals surface area contributed by atoms with Gasteiger partial charge in [0.15, 0.2) is 5.96 Å². The molecule has 0 unspecified atom stereocenters. The Hall–Kier alpha value is -0.730. The third-order valence-corrected chi connectivity index (χ3v) is 4.27. The van der Waals surface area contributed by atoms with Gasteiger partial charge in [0, 0.05) is 19.6 Å². The molecule has 1 fully saturated rings. The topological polar surface area (TPSA) is 41.6 Å². The molecule has 0 atom stereocenters. The van der Waals surface area contributed by atoms with Crippen molar-refractivity contribution in [1.82, 2.24) is 4.90 Å². The van der Waals surface area contributed by atoms with E-state index in [9.17, 15) is 0 Å². The Morgan fingerprint density at radius 2 is 1.76 bits per heavy atom. The molecule has 0 saturated carbocycles. The lowest BCUT2D eigenvalue weighted by atomic mass is 9.74. The minimum atomic E-state index is 0.564. The summed E-state index contributed by atoms with van der Waals surface area (Å²) in [6, 6.07) is 0. The van der Waals surface area contributed by atoms with Gasteiger partial charge in [-0.05, 0) is 24.2 Å². The van der Waals surface area contributed by atoms with E-state index < -0.39 is 0 Å². The molecule has 0 bridgehead atoms. The molecular weight excluding hydrogens is 210 g/mol. The third-order valence-electron chi connectivity index (χ3n) is 4.27. The van der Waals surface area contributed by atoms with Gasteiger partial charge in [-0.2, -0.15) is 0 Å². The molecule has 0 aliphatic carbocycles. The average Bonchev–Trinajstić information content (AvgIpc) is 2.36. The van der Waals surface area contributed by atoms with Crippen LogP contribution in [0.3, 0.4) is 0 Å². The second-order valence-corrected chi connectivity index (χ2v) is 5.79. The first-order chi connectivity index (χ1) is 8.03. The number of nitrogens with zero attached hydrogens (tertiary/aromatic N) is 2. The fourth-order valence-corrected chi connectivity index (χ4v) is 2.54. The summed E-state index contributed by atoms with van der Waals surface area (Å²) in [6.45, 7) is 12.0. The average molecular weight is 239 g/mol. The molecule has 3 heteroatoms. The summed E-state index contributed by atoms with van der Waals surface area (Å²) < 4.78 is 0. The van der Waals surface area contributed by atoms with Gasteiger partial charge in [0.1, 0.15) is 0 Å². The van der Waals surface area contributed by atoms with E-state index in [0.717, 1.165) is 25.6 Å². The van der Waals surface area contributed by atoms with E-state index in [0.29, 0.717) is 11.3 Å². The number of hydrogen-bond acceptors (Lipinski definition) is 1. The molecule has 1 aliphatic heterocycles. The lowest BCUT2D eigenvalue weighted by Gasteiger charge is -2.41. The Morgan fingerprint density at radius 1 is 1.24 bits per heavy atom. The van der Waals surface area contributed by atoms with Crippen LogP contribution in [0.4, 0.5) is 0 Å². The molecule has 0 aromatic heterocycles. The van der Waals surface area contributed by atoms with Crippen LogP contribution >= 0.6 is 0 Å². The van der Waals surface area contributed by atoms with Crippen LogP contribution in [0.5, 0.6) is 0 Å². The first-order valence-corrected chi connectivity index (χ1v) is 7.08. The summed E-state index contributed by atoms with van der Waals surface area (Å²) in [4.78, 5) is 6.72. The minimum absolute atomic E-state index is 0.564. The van der Waals surface area contributed by atoms with Crippen molar-refractivity contribution in [3.8, 4) is 0 Å². The summed E-state index contributed by atoms with van der Waals surface area (Å²) in [5, 5.41) is 0. The summed E-state index contributed by atoms with van der Waals surface area (Å²) in [5.41, 5.74) is 6.61. The van der Waals surface area contributed by atoms with E-state index in [4.69, 9.17) is 5.73 Å². The Morgan fingerprint density at radius 3 is 2.18 bits per heavy atom. The molecule has 0 spiro atoms. The molecule has 2 N–H and O–H groups in total. The predicted molar refractivity (Wildman–Crippen MR) is 75.1 cm³/mol. The van der Waals surface area contributed by atoms with E-state index in [1.807, 2.05) is 0 Å². The van der Waals surface area contributed by atoms with Crippen LogP contribution in [0.2, 0.25) is 0 Å². The molecular formula is C14H29N3. The van der Waals surface area contributed by atoms with Crippen LogP contribution in [0.25, 0.3) is 0 Å². The van der Waals surface area contributed by atoms with E-state index in [1.54, 1.807) is 0 Å². The van der Waals surface area contributed by atoms with Crippen molar-refractivity contribution in [3.05, 3.63) is 0 Å². The minimum Gasteiger partial charge on any atom is -0.370 e. The maximum atomic E-state index is 6.04. The smallest absolute Gasteiger partial charge is 0.191 e. The normalized spacial score (nSPS) is 21.0. The standard InChI is InChI=1S/C14H29N3/c1-5-14(6-2)7-9-17(10-8-14)13(15)16-11-12(3)4/h12H,5-11H2,1-4H3,(H2,15,16). The Bertz CT molecular complexity index is 244. The highest BCUT2D eigenvalue weighted by Crippen LogP contribution is 2.37. The van der Waals surface area contributed by atoms with E-state index in [2.05, 4.69) is 37.6 Å². The van der Waals surface area contributed by atoms with Gasteiger partial charge < -0.3 is 10.6 Å². The highest BCUT2D eigenvalue weighted by Gasteiger charge is 2.31. The van der Waals surface area contributed by atoms with E-state index in [-0.39, 0.29) is 0 Å². The molecule has 0 aromatic rings. The van der Waals surface area contributed by atoms with Gasteiger partial charge in [-0.3, -0.25) is 4.99 Å². The van der Waals surface area contributed by atoms with Crippen LogP contribution in [0.1, 0.15) is 53.4 Å². The van der Waals surface area contributed by atoms with E-state index >= 15 is 0 Å². The number of hydrogen-bond donors (Lipinski definition) is 1. The zero-order valence-corrected chi connectivity index (χ0v) is 12.0. The highest BCUT2D eigenvalue weighted by atomic mass is 15.3. The third kappa shape index (κ3) is 3.90. The first-order valence-electron chi connectivity index (χ1n) is 7.08. The molecule has 100 valence electrons. The molecule has 1 saturated heterocycles. The van der Waals surface area contributed by atoms with Gasteiger partial charge in [-0.25, -0.2) is 0 Å². The number of aliphatic imine (C=N–C) groups is 1. The molecule has 1 aliphatic rings. The van der Waals surface area contributed by atoms with Gasteiger partial charge in [-0.15, -0.1) is 0 Å². The predicted octanol–water partition coefficient (Wildman–Crippen LogP) is 2.86. The Balaban J connectivity index is 2.48. The molecule has 1 heterocycles. The van der Waals surface area contributed by atoms with Gasteiger partial charge in [-0.1, -0.05) is 40.5 Å². The fraction of sp³-hybridized carbons (Fsp3) is 0.929. The number of rotatable bonds is 4. The summed E-state index contributed by atoms with van der Waals surface area (Å²) in [5.74, 6) is 1.34. The van der Waals surface area contributed by atoms with Crippen molar-refractivity contribution in [1.29, 1.82) is 0 Å². The zero-order valence-electron chi connectivity index (χ0n) is 12.0. The lowest BCUT2D eigenvalue weighted by Crippen LogP contribution is -2.46. The number of likely N-dealkylation sites (tertiary alicyclic amines) is 1. The number of nitrogens with two attached hydrogens (primary N) is 1. The van der Waals surface area contributed by atoms with Crippen molar-refractivity contribution in [2.45, 2.75) is 53.4 Å². The maximum Gasteiger partial charge on any atom is 0.191 e. The van der Waals surface area contributed by atoms with Crippen LogP contribution in [0, 0.1) is 11.3 Å². The SMILES string of the molecule is CCC1(CC)CCN(C(N)=NCC(C)C)CC1. The van der Waals surface area contributed by atoms with Crippen molar-refractivity contribution in [2.24, 2.45) is 22.1 Å². The largest absolute Gasteiger partial charge is 0.370 e. The fourth-order valence-electron chi connectivity index (χ4n) is 2.54. The van der Waals surface area contributed by atoms with Crippen LogP contribution in [-0.2, 0) is 0 Å². The van der Waals surface area contributed by atoms with Gasteiger partial charge in [0.05, 0.1) is 0 Å². The van der Waals surface area contributed by atoms with E-state index in [1.165, 1.54) is 25.7 Å². The van der Waals surface area contributed by atoms with Gasteiger partial charge in [0.2, 0.25) is 0 Å². The monoisotopic (exact) mass is 239 g/mol. The second-order valence-electron chi connectivity index (χ2n) is 5.79. The number of guanidine groups is 1. The quantitative estimate of drug-likeness (QED) is 0.605. The van der Waals surface area contributed by atoms with Crippen molar-refractivity contribution >= 4 is 5.96 Å². The van der Waals surface area contributed by atoms with Crippen molar-refractivity contribution in [3.63, 3.8) is 0 Å². The molecule has 0 radical (unpaired) electrons. The Kier molecular flexibility index (Phi) is 5.29. The summed E-state index contributed by atoms with van der Waals surface area (Å²) >= 11 is 0. The highest BCUT2D eigenvalue weighted by molar-refractivity contribution is 5.78. The maximum absolute atomic E-state index is 6.04. The molecule has 0 aromatic carbocycles. The molecule has 0 amide bonds. The molecule has 1 rings (SSSR count). The Labute approximate surface area is 106 Å². The number of piperidine rings is 1. The molecule has 3 nitrogen and oxygen atoms in total. The summed E-state index contributed by atoms with van der Waals surface area (Å²) in [7, 11) is 0. The van der Waals surface area contributed by atoms with Crippen LogP contribution in [0.15, 0.2) is 4.99 Å². The lowest BCUT2D eigenvalue weighted by molar-refractivity contribution is 0.135. The van der Waals surface area contributed by atoms with Crippen LogP contribution in [-0.4, -0.2) is 30.5 Å². The summed E-state index contributed by atoms with van der Waals surface area (Å²) in [6.07, 6.45) is 5.11. The van der Waals surface area contributed by atoms with Gasteiger partial charge in [0.25, 0.3) is 0 Å². The zero-order chi connectivity index (χ0) is 12.9. The van der Waals surface area contributed by atoms with Crippen molar-refractivity contribution < 1.29 is 0 Å². The van der Waals surface area contributed by atoms with Crippen LogP contribution < -0.4 is 5.73 Å². The van der Waals surface area contributed by atoms with Crippen molar-refractivity contribution in [2.75, 3.05) is 19.6 Å². The molecule has 17 heavy (non-hydrogen) atoms. The second kappa shape index (κ2) is 6.27.